The van der Waals surface area contributed by atoms with E-state index in [1.807, 2.05) is 6.33 Å². The van der Waals surface area contributed by atoms with Gasteiger partial charge in [0, 0.05) is 24.4 Å². The fraction of sp³-hybridized carbons (Fsp3) is 0.471. The minimum absolute atomic E-state index is 0.399. The molecule has 2 aromatic rings. The second kappa shape index (κ2) is 6.23. The smallest absolute Gasteiger partial charge is 0.0954 e. The lowest BCUT2D eigenvalue weighted by atomic mass is 9.95. The Kier molecular flexibility index (Phi) is 4.16. The summed E-state index contributed by atoms with van der Waals surface area (Å²) in [5.74, 6) is 0.601. The van der Waals surface area contributed by atoms with Gasteiger partial charge in [-0.15, -0.1) is 0 Å². The second-order valence-corrected chi connectivity index (χ2v) is 5.60. The number of nitrogens with one attached hydrogen (secondary N) is 1. The predicted molar refractivity (Wildman–Crippen MR) is 81.9 cm³/mol. The van der Waals surface area contributed by atoms with Crippen LogP contribution in [0.3, 0.4) is 0 Å². The zero-order valence-corrected chi connectivity index (χ0v) is 12.1. The van der Waals surface area contributed by atoms with E-state index in [9.17, 15) is 0 Å². The van der Waals surface area contributed by atoms with Crippen LogP contribution in [0.1, 0.15) is 49.4 Å². The lowest BCUT2D eigenvalue weighted by Crippen LogP contribution is -2.30. The van der Waals surface area contributed by atoms with Gasteiger partial charge in [-0.2, -0.15) is 0 Å². The highest BCUT2D eigenvalue weighted by Gasteiger charge is 2.22. The van der Waals surface area contributed by atoms with Gasteiger partial charge in [-0.25, -0.2) is 4.98 Å². The number of piperidine rings is 1. The average Bonchev–Trinajstić information content (AvgIpc) is 2.99. The SMILES string of the molecule is CCC(c1ccccc1)n1cncc1C1CCCNC1. The summed E-state index contributed by atoms with van der Waals surface area (Å²) in [6, 6.07) is 11.2. The monoisotopic (exact) mass is 269 g/mol. The Balaban J connectivity index is 1.91. The Morgan fingerprint density at radius 2 is 2.20 bits per heavy atom. The van der Waals surface area contributed by atoms with Crippen LogP contribution in [0.25, 0.3) is 0 Å². The maximum absolute atomic E-state index is 4.43. The van der Waals surface area contributed by atoms with E-state index in [-0.39, 0.29) is 0 Å². The molecule has 1 N–H and O–H groups in total. The highest BCUT2D eigenvalue weighted by molar-refractivity contribution is 5.22. The zero-order valence-electron chi connectivity index (χ0n) is 12.1. The molecule has 20 heavy (non-hydrogen) atoms. The quantitative estimate of drug-likeness (QED) is 0.922. The fourth-order valence-corrected chi connectivity index (χ4v) is 3.26. The van der Waals surface area contributed by atoms with Gasteiger partial charge in [-0.3, -0.25) is 0 Å². The van der Waals surface area contributed by atoms with Crippen molar-refractivity contribution in [3.8, 4) is 0 Å². The van der Waals surface area contributed by atoms with Gasteiger partial charge in [-0.1, -0.05) is 37.3 Å². The maximum atomic E-state index is 4.43. The van der Waals surface area contributed by atoms with Gasteiger partial charge in [0.25, 0.3) is 0 Å². The molecule has 0 amide bonds. The molecule has 1 aliphatic heterocycles. The number of rotatable bonds is 4. The standard InChI is InChI=1S/C17H23N3/c1-2-16(14-7-4-3-5-8-14)20-13-19-12-17(20)15-9-6-10-18-11-15/h3-5,7-8,12-13,15-16,18H,2,6,9-11H2,1H3. The number of imidazole rings is 1. The average molecular weight is 269 g/mol. The number of hydrogen-bond acceptors (Lipinski definition) is 2. The van der Waals surface area contributed by atoms with E-state index in [1.54, 1.807) is 0 Å². The summed E-state index contributed by atoms with van der Waals surface area (Å²) < 4.78 is 2.38. The molecule has 2 heterocycles. The van der Waals surface area contributed by atoms with E-state index >= 15 is 0 Å². The van der Waals surface area contributed by atoms with Crippen molar-refractivity contribution in [2.45, 2.75) is 38.1 Å². The summed E-state index contributed by atoms with van der Waals surface area (Å²) in [6.07, 6.45) is 7.68. The zero-order chi connectivity index (χ0) is 13.8. The first-order valence-electron chi connectivity index (χ1n) is 7.67. The number of nitrogens with zero attached hydrogens (tertiary/aromatic N) is 2. The van der Waals surface area contributed by atoms with Gasteiger partial charge in [0.2, 0.25) is 0 Å². The molecule has 1 aromatic carbocycles. The number of benzene rings is 1. The third-order valence-corrected chi connectivity index (χ3v) is 4.32. The molecule has 1 aliphatic rings. The minimum atomic E-state index is 0.399. The summed E-state index contributed by atoms with van der Waals surface area (Å²) in [7, 11) is 0. The van der Waals surface area contributed by atoms with Crippen molar-refractivity contribution in [2.75, 3.05) is 13.1 Å². The van der Waals surface area contributed by atoms with Crippen LogP contribution in [-0.4, -0.2) is 22.6 Å². The predicted octanol–water partition coefficient (Wildman–Crippen LogP) is 3.35. The van der Waals surface area contributed by atoms with Crippen LogP contribution in [0, 0.1) is 0 Å². The molecule has 1 aromatic heterocycles. The molecule has 0 radical (unpaired) electrons. The Morgan fingerprint density at radius 1 is 1.35 bits per heavy atom. The van der Waals surface area contributed by atoms with Gasteiger partial charge in [0.15, 0.2) is 0 Å². The lowest BCUT2D eigenvalue weighted by molar-refractivity contribution is 0.428. The van der Waals surface area contributed by atoms with Crippen LogP contribution in [-0.2, 0) is 0 Å². The Morgan fingerprint density at radius 3 is 2.90 bits per heavy atom. The van der Waals surface area contributed by atoms with Gasteiger partial charge < -0.3 is 9.88 Å². The first-order chi connectivity index (χ1) is 9.90. The maximum Gasteiger partial charge on any atom is 0.0954 e. The van der Waals surface area contributed by atoms with Gasteiger partial charge in [-0.05, 0) is 31.4 Å². The van der Waals surface area contributed by atoms with Gasteiger partial charge in [0.1, 0.15) is 0 Å². The molecular weight excluding hydrogens is 246 g/mol. The summed E-state index contributed by atoms with van der Waals surface area (Å²) in [5, 5.41) is 3.51. The highest BCUT2D eigenvalue weighted by Crippen LogP contribution is 2.29. The molecule has 1 fully saturated rings. The second-order valence-electron chi connectivity index (χ2n) is 5.60. The lowest BCUT2D eigenvalue weighted by Gasteiger charge is -2.27. The van der Waals surface area contributed by atoms with Gasteiger partial charge >= 0.3 is 0 Å². The normalized spacial score (nSPS) is 20.8. The molecule has 0 aliphatic carbocycles. The van der Waals surface area contributed by atoms with Crippen molar-refractivity contribution in [3.05, 3.63) is 54.1 Å². The van der Waals surface area contributed by atoms with Crippen LogP contribution in [0.4, 0.5) is 0 Å². The van der Waals surface area contributed by atoms with Crippen molar-refractivity contribution in [1.29, 1.82) is 0 Å². The molecule has 1 saturated heterocycles. The Labute approximate surface area is 121 Å². The summed E-state index contributed by atoms with van der Waals surface area (Å²) in [4.78, 5) is 4.43. The van der Waals surface area contributed by atoms with E-state index in [2.05, 4.69) is 58.3 Å². The minimum Gasteiger partial charge on any atom is -0.327 e. The van der Waals surface area contributed by atoms with Crippen molar-refractivity contribution in [3.63, 3.8) is 0 Å². The molecular formula is C17H23N3. The fourth-order valence-electron chi connectivity index (χ4n) is 3.26. The molecule has 2 unspecified atom stereocenters. The first-order valence-corrected chi connectivity index (χ1v) is 7.67. The largest absolute Gasteiger partial charge is 0.327 e. The van der Waals surface area contributed by atoms with Crippen LogP contribution in [0.2, 0.25) is 0 Å². The topological polar surface area (TPSA) is 29.9 Å². The summed E-state index contributed by atoms with van der Waals surface area (Å²) >= 11 is 0. The van der Waals surface area contributed by atoms with Crippen molar-refractivity contribution in [2.24, 2.45) is 0 Å². The van der Waals surface area contributed by atoms with E-state index in [0.717, 1.165) is 19.5 Å². The first kappa shape index (κ1) is 13.4. The van der Waals surface area contributed by atoms with Crippen LogP contribution >= 0.6 is 0 Å². The highest BCUT2D eigenvalue weighted by atomic mass is 15.1. The van der Waals surface area contributed by atoms with Crippen molar-refractivity contribution in [1.82, 2.24) is 14.9 Å². The molecule has 3 nitrogen and oxygen atoms in total. The number of aromatic nitrogens is 2. The summed E-state index contributed by atoms with van der Waals surface area (Å²) in [5.41, 5.74) is 2.76. The third kappa shape index (κ3) is 2.63. The van der Waals surface area contributed by atoms with Crippen LogP contribution in [0.5, 0.6) is 0 Å². The molecule has 3 heteroatoms. The van der Waals surface area contributed by atoms with E-state index in [1.165, 1.54) is 24.1 Å². The third-order valence-electron chi connectivity index (χ3n) is 4.32. The molecule has 2 atom stereocenters. The molecule has 0 bridgehead atoms. The van der Waals surface area contributed by atoms with Crippen LogP contribution < -0.4 is 5.32 Å². The van der Waals surface area contributed by atoms with Crippen molar-refractivity contribution < 1.29 is 0 Å². The van der Waals surface area contributed by atoms with E-state index in [4.69, 9.17) is 0 Å². The Hall–Kier alpha value is -1.61. The summed E-state index contributed by atoms with van der Waals surface area (Å²) in [6.45, 7) is 4.48. The van der Waals surface area contributed by atoms with E-state index < -0.39 is 0 Å². The number of hydrogen-bond donors (Lipinski definition) is 1. The van der Waals surface area contributed by atoms with Gasteiger partial charge in [0.05, 0.1) is 12.4 Å². The molecule has 0 saturated carbocycles. The Bertz CT molecular complexity index is 526. The molecule has 3 rings (SSSR count). The molecule has 106 valence electrons. The van der Waals surface area contributed by atoms with Crippen LogP contribution in [0.15, 0.2) is 42.9 Å². The van der Waals surface area contributed by atoms with E-state index in [0.29, 0.717) is 12.0 Å². The molecule has 0 spiro atoms. The van der Waals surface area contributed by atoms with Crippen molar-refractivity contribution >= 4 is 0 Å².